The van der Waals surface area contributed by atoms with Crippen molar-refractivity contribution in [1.82, 2.24) is 9.97 Å². The van der Waals surface area contributed by atoms with E-state index >= 15 is 8.78 Å². The van der Waals surface area contributed by atoms with Gasteiger partial charge in [-0.2, -0.15) is 13.2 Å². The number of piperidine rings is 1. The molecule has 0 spiro atoms. The van der Waals surface area contributed by atoms with Crippen LogP contribution in [0.2, 0.25) is 0 Å². The van der Waals surface area contributed by atoms with Crippen LogP contribution in [0.3, 0.4) is 0 Å². The van der Waals surface area contributed by atoms with Crippen LogP contribution in [-0.2, 0) is 11.3 Å². The van der Waals surface area contributed by atoms with Crippen LogP contribution in [-0.4, -0.2) is 61.6 Å². The zero-order valence-corrected chi connectivity index (χ0v) is 21.4. The van der Waals surface area contributed by atoms with Gasteiger partial charge in [0.25, 0.3) is 0 Å². The van der Waals surface area contributed by atoms with Crippen molar-refractivity contribution >= 4 is 17.1 Å². The molecule has 2 aliphatic heterocycles. The third-order valence-electron chi connectivity index (χ3n) is 7.09. The molecule has 2 atom stereocenters. The maximum Gasteiger partial charge on any atom is 0.393 e. The number of nitrogens with two attached hydrogens (primary N) is 1. The SMILES string of the molecule is N[C@H]1CC(C(F)(F)F)CN(c2ccncc2NCc2ccc(F)c(-c3c(F)cc(N4CCOCC4)cc3F)n2)C1. The molecule has 0 aliphatic carbocycles. The molecule has 2 saturated heterocycles. The summed E-state index contributed by atoms with van der Waals surface area (Å²) in [4.78, 5) is 11.6. The molecule has 0 bridgehead atoms. The van der Waals surface area contributed by atoms with Crippen LogP contribution in [0.1, 0.15) is 12.1 Å². The third kappa shape index (κ3) is 6.09. The summed E-state index contributed by atoms with van der Waals surface area (Å²) in [7, 11) is 0. The van der Waals surface area contributed by atoms with Crippen molar-refractivity contribution in [2.75, 3.05) is 54.5 Å². The lowest BCUT2D eigenvalue weighted by Gasteiger charge is -2.39. The first kappa shape index (κ1) is 28.0. The fourth-order valence-electron chi connectivity index (χ4n) is 5.10. The second kappa shape index (κ2) is 11.5. The molecule has 5 rings (SSSR count). The summed E-state index contributed by atoms with van der Waals surface area (Å²) in [6, 6.07) is 5.64. The van der Waals surface area contributed by atoms with Gasteiger partial charge in [0.2, 0.25) is 0 Å². The van der Waals surface area contributed by atoms with E-state index in [9.17, 15) is 17.6 Å². The molecular weight excluding hydrogens is 538 g/mol. The minimum Gasteiger partial charge on any atom is -0.378 e. The maximum absolute atomic E-state index is 15.1. The standard InChI is InChI=1S/C27H28F6N6O/c28-20-2-1-18(37-26(20)25-21(29)10-19(11-22(25)30)38-5-7-40-8-6-38)12-36-23-13-35-4-3-24(23)39-14-16(27(31,32)33)9-17(34)15-39/h1-4,10-11,13,16-17,36H,5-9,12,14-15,34H2/t16?,17-/m0/s1. The summed E-state index contributed by atoms with van der Waals surface area (Å²) >= 11 is 0. The number of nitrogens with one attached hydrogen (secondary N) is 1. The Hall–Kier alpha value is -3.58. The Morgan fingerprint density at radius 1 is 0.975 bits per heavy atom. The molecule has 2 aliphatic rings. The van der Waals surface area contributed by atoms with Crippen LogP contribution in [0.4, 0.5) is 43.4 Å². The van der Waals surface area contributed by atoms with Crippen molar-refractivity contribution in [3.8, 4) is 11.3 Å². The van der Waals surface area contributed by atoms with E-state index in [0.717, 1.165) is 18.2 Å². The highest BCUT2D eigenvalue weighted by molar-refractivity contribution is 5.69. The van der Waals surface area contributed by atoms with Gasteiger partial charge in [0.1, 0.15) is 23.1 Å². The lowest BCUT2D eigenvalue weighted by atomic mass is 9.93. The smallest absolute Gasteiger partial charge is 0.378 e. The van der Waals surface area contributed by atoms with Gasteiger partial charge in [-0.15, -0.1) is 0 Å². The first-order chi connectivity index (χ1) is 19.1. The zero-order valence-electron chi connectivity index (χ0n) is 21.4. The van der Waals surface area contributed by atoms with E-state index < -0.39 is 46.8 Å². The van der Waals surface area contributed by atoms with Gasteiger partial charge in [0, 0.05) is 44.1 Å². The van der Waals surface area contributed by atoms with Crippen LogP contribution < -0.4 is 20.9 Å². The number of alkyl halides is 3. The molecule has 3 aromatic rings. The molecule has 0 saturated carbocycles. The summed E-state index contributed by atoms with van der Waals surface area (Å²) in [5.41, 5.74) is 6.34. The fourth-order valence-corrected chi connectivity index (χ4v) is 5.10. The van der Waals surface area contributed by atoms with Crippen molar-refractivity contribution in [3.63, 3.8) is 0 Å². The van der Waals surface area contributed by atoms with Gasteiger partial charge in [-0.05, 0) is 36.8 Å². The average Bonchev–Trinajstić information content (AvgIpc) is 2.92. The van der Waals surface area contributed by atoms with E-state index in [4.69, 9.17) is 10.5 Å². The minimum absolute atomic E-state index is 0.0103. The zero-order chi connectivity index (χ0) is 28.4. The highest BCUT2D eigenvalue weighted by Gasteiger charge is 2.44. The Bertz CT molecular complexity index is 1330. The number of morpholine rings is 1. The summed E-state index contributed by atoms with van der Waals surface area (Å²) < 4.78 is 90.6. The lowest BCUT2D eigenvalue weighted by molar-refractivity contribution is -0.177. The highest BCUT2D eigenvalue weighted by atomic mass is 19.4. The second-order valence-corrected chi connectivity index (χ2v) is 9.90. The number of rotatable bonds is 6. The fraction of sp³-hybridized carbons (Fsp3) is 0.407. The Kier molecular flexibility index (Phi) is 8.04. The minimum atomic E-state index is -4.38. The molecule has 0 amide bonds. The Morgan fingerprint density at radius 2 is 1.70 bits per heavy atom. The molecule has 0 radical (unpaired) electrons. The normalized spacial score (nSPS) is 20.1. The van der Waals surface area contributed by atoms with E-state index in [2.05, 4.69) is 15.3 Å². The van der Waals surface area contributed by atoms with Gasteiger partial charge in [-0.25, -0.2) is 18.2 Å². The number of pyridine rings is 2. The van der Waals surface area contributed by atoms with Crippen molar-refractivity contribution in [1.29, 1.82) is 0 Å². The van der Waals surface area contributed by atoms with Gasteiger partial charge in [-0.1, -0.05) is 0 Å². The van der Waals surface area contributed by atoms with Gasteiger partial charge < -0.3 is 25.6 Å². The summed E-state index contributed by atoms with van der Waals surface area (Å²) in [5.74, 6) is -4.37. The van der Waals surface area contributed by atoms with Crippen molar-refractivity contribution in [2.45, 2.75) is 25.2 Å². The van der Waals surface area contributed by atoms with Gasteiger partial charge in [-0.3, -0.25) is 4.98 Å². The lowest BCUT2D eigenvalue weighted by Crippen LogP contribution is -2.51. The van der Waals surface area contributed by atoms with E-state index in [1.54, 1.807) is 15.9 Å². The third-order valence-corrected chi connectivity index (χ3v) is 7.09. The quantitative estimate of drug-likeness (QED) is 0.418. The van der Waals surface area contributed by atoms with Gasteiger partial charge in [0.05, 0.1) is 54.5 Å². The van der Waals surface area contributed by atoms with Crippen molar-refractivity contribution in [3.05, 3.63) is 65.9 Å². The first-order valence-electron chi connectivity index (χ1n) is 12.8. The molecule has 1 aromatic carbocycles. The summed E-state index contributed by atoms with van der Waals surface area (Å²) in [6.07, 6.45) is -1.62. The molecule has 2 aromatic heterocycles. The molecule has 7 nitrogen and oxygen atoms in total. The number of nitrogens with zero attached hydrogens (tertiary/aromatic N) is 4. The molecule has 3 N–H and O–H groups in total. The molecule has 2 fully saturated rings. The number of benzene rings is 1. The van der Waals surface area contributed by atoms with Crippen LogP contribution >= 0.6 is 0 Å². The number of anilines is 3. The number of hydrogen-bond donors (Lipinski definition) is 2. The number of halogens is 6. The first-order valence-corrected chi connectivity index (χ1v) is 12.8. The number of hydrogen-bond acceptors (Lipinski definition) is 7. The van der Waals surface area contributed by atoms with Gasteiger partial charge >= 0.3 is 6.18 Å². The van der Waals surface area contributed by atoms with Crippen molar-refractivity contribution in [2.24, 2.45) is 11.7 Å². The van der Waals surface area contributed by atoms with Crippen LogP contribution in [0.25, 0.3) is 11.3 Å². The average molecular weight is 567 g/mol. The number of ether oxygens (including phenoxy) is 1. The summed E-state index contributed by atoms with van der Waals surface area (Å²) in [5, 5.41) is 3.06. The largest absolute Gasteiger partial charge is 0.393 e. The van der Waals surface area contributed by atoms with Gasteiger partial charge in [0.15, 0.2) is 0 Å². The molecule has 4 heterocycles. The molecular formula is C27H28F6N6O. The predicted molar refractivity (Wildman–Crippen MR) is 138 cm³/mol. The Balaban J connectivity index is 1.36. The van der Waals surface area contributed by atoms with Crippen LogP contribution in [0, 0.1) is 23.4 Å². The molecule has 13 heteroatoms. The van der Waals surface area contributed by atoms with E-state index in [1.165, 1.54) is 18.5 Å². The molecule has 214 valence electrons. The summed E-state index contributed by atoms with van der Waals surface area (Å²) in [6.45, 7) is 1.77. The van der Waals surface area contributed by atoms with E-state index in [-0.39, 0.29) is 31.7 Å². The maximum atomic E-state index is 15.1. The monoisotopic (exact) mass is 566 g/mol. The highest BCUT2D eigenvalue weighted by Crippen LogP contribution is 2.37. The topological polar surface area (TPSA) is 79.5 Å². The molecule has 1 unspecified atom stereocenters. The van der Waals surface area contributed by atoms with E-state index in [1.807, 2.05) is 0 Å². The van der Waals surface area contributed by atoms with Crippen molar-refractivity contribution < 1.29 is 31.1 Å². The Morgan fingerprint density at radius 3 is 2.40 bits per heavy atom. The number of aromatic nitrogens is 2. The van der Waals surface area contributed by atoms with Crippen LogP contribution in [0.5, 0.6) is 0 Å². The molecule has 40 heavy (non-hydrogen) atoms. The predicted octanol–water partition coefficient (Wildman–Crippen LogP) is 4.73. The van der Waals surface area contributed by atoms with Crippen LogP contribution in [0.15, 0.2) is 42.7 Å². The Labute approximate surface area is 227 Å². The van der Waals surface area contributed by atoms with E-state index in [0.29, 0.717) is 43.4 Å². The second-order valence-electron chi connectivity index (χ2n) is 9.90.